The van der Waals surface area contributed by atoms with E-state index in [0.29, 0.717) is 5.69 Å². The van der Waals surface area contributed by atoms with Crippen LogP contribution in [0.25, 0.3) is 10.9 Å². The van der Waals surface area contributed by atoms with Crippen LogP contribution in [0.5, 0.6) is 0 Å². The first kappa shape index (κ1) is 10.0. The van der Waals surface area contributed by atoms with Crippen LogP contribution in [0.2, 0.25) is 0 Å². The lowest BCUT2D eigenvalue weighted by Gasteiger charge is -2.01. The van der Waals surface area contributed by atoms with E-state index in [1.165, 1.54) is 0 Å². The molecule has 0 saturated heterocycles. The number of carboxylic acids is 1. The summed E-state index contributed by atoms with van der Waals surface area (Å²) in [7, 11) is 1.72. The fourth-order valence-corrected chi connectivity index (χ4v) is 2.05. The lowest BCUT2D eigenvalue weighted by Crippen LogP contribution is -2.03. The Morgan fingerprint density at radius 3 is 2.80 bits per heavy atom. The maximum Gasteiger partial charge on any atom is 0.352 e. The second-order valence-electron chi connectivity index (χ2n) is 3.30. The van der Waals surface area contributed by atoms with Gasteiger partial charge in [0, 0.05) is 28.1 Å². The van der Waals surface area contributed by atoms with E-state index >= 15 is 0 Å². The molecule has 0 bridgehead atoms. The van der Waals surface area contributed by atoms with E-state index in [9.17, 15) is 4.79 Å². The van der Waals surface area contributed by atoms with Crippen LogP contribution in [0, 0.1) is 0 Å². The van der Waals surface area contributed by atoms with Crippen LogP contribution < -0.4 is 5.73 Å². The van der Waals surface area contributed by atoms with Crippen LogP contribution in [0.4, 0.5) is 5.69 Å². The molecule has 78 valence electrons. The summed E-state index contributed by atoms with van der Waals surface area (Å²) in [5, 5.41) is 9.77. The van der Waals surface area contributed by atoms with Crippen molar-refractivity contribution in [2.24, 2.45) is 7.05 Å². The molecule has 1 heterocycles. The first-order chi connectivity index (χ1) is 7.02. The average Bonchev–Trinajstić information content (AvgIpc) is 2.51. The van der Waals surface area contributed by atoms with Crippen LogP contribution >= 0.6 is 15.9 Å². The maximum absolute atomic E-state index is 10.9. The first-order valence-electron chi connectivity index (χ1n) is 4.29. The molecular formula is C10H9BrN2O2. The third-order valence-electron chi connectivity index (χ3n) is 2.41. The minimum absolute atomic E-state index is 0.247. The second kappa shape index (κ2) is 3.27. The van der Waals surface area contributed by atoms with E-state index in [2.05, 4.69) is 15.9 Å². The molecule has 2 aromatic rings. The van der Waals surface area contributed by atoms with Crippen molar-refractivity contribution in [1.29, 1.82) is 0 Å². The third kappa shape index (κ3) is 1.39. The molecule has 1 aromatic heterocycles. The van der Waals surface area contributed by atoms with E-state index < -0.39 is 5.97 Å². The van der Waals surface area contributed by atoms with Gasteiger partial charge in [0.15, 0.2) is 0 Å². The highest BCUT2D eigenvalue weighted by Gasteiger charge is 2.14. The third-order valence-corrected chi connectivity index (χ3v) is 3.29. The Labute approximate surface area is 94.4 Å². The summed E-state index contributed by atoms with van der Waals surface area (Å²) in [6, 6.07) is 5.16. The van der Waals surface area contributed by atoms with Crippen molar-refractivity contribution >= 4 is 38.5 Å². The molecule has 5 heteroatoms. The molecule has 0 radical (unpaired) electrons. The average molecular weight is 269 g/mol. The topological polar surface area (TPSA) is 68.2 Å². The molecule has 0 aliphatic carbocycles. The van der Waals surface area contributed by atoms with Gasteiger partial charge in [0.2, 0.25) is 0 Å². The van der Waals surface area contributed by atoms with Crippen LogP contribution in [-0.2, 0) is 7.05 Å². The van der Waals surface area contributed by atoms with E-state index in [-0.39, 0.29) is 5.69 Å². The van der Waals surface area contributed by atoms with Gasteiger partial charge < -0.3 is 15.4 Å². The minimum atomic E-state index is -0.945. The van der Waals surface area contributed by atoms with E-state index in [1.54, 1.807) is 23.7 Å². The number of hydrogen-bond acceptors (Lipinski definition) is 2. The Bertz CT molecular complexity index is 560. The Morgan fingerprint density at radius 2 is 2.20 bits per heavy atom. The fraction of sp³-hybridized carbons (Fsp3) is 0.100. The van der Waals surface area contributed by atoms with Gasteiger partial charge in [0.25, 0.3) is 0 Å². The molecule has 0 saturated carbocycles. The molecule has 0 atom stereocenters. The molecule has 0 aliphatic heterocycles. The Balaban J connectivity index is 2.88. The highest BCUT2D eigenvalue weighted by Crippen LogP contribution is 2.31. The van der Waals surface area contributed by atoms with Gasteiger partial charge in [-0.3, -0.25) is 0 Å². The Hall–Kier alpha value is -1.49. The zero-order chi connectivity index (χ0) is 11.2. The molecule has 0 fully saturated rings. The smallest absolute Gasteiger partial charge is 0.352 e. The molecule has 0 amide bonds. The minimum Gasteiger partial charge on any atom is -0.477 e. The van der Waals surface area contributed by atoms with Crippen molar-refractivity contribution < 1.29 is 9.90 Å². The number of aromatic nitrogens is 1. The highest BCUT2D eigenvalue weighted by molar-refractivity contribution is 9.10. The quantitative estimate of drug-likeness (QED) is 0.780. The number of anilines is 1. The Morgan fingerprint density at radius 1 is 1.53 bits per heavy atom. The van der Waals surface area contributed by atoms with Crippen LogP contribution in [0.1, 0.15) is 10.5 Å². The van der Waals surface area contributed by atoms with Crippen LogP contribution in [0.15, 0.2) is 22.7 Å². The maximum atomic E-state index is 10.9. The number of nitrogens with two attached hydrogens (primary N) is 1. The van der Waals surface area contributed by atoms with Crippen molar-refractivity contribution in [3.63, 3.8) is 0 Å². The number of aromatic carboxylic acids is 1. The van der Waals surface area contributed by atoms with Crippen molar-refractivity contribution in [3.05, 3.63) is 28.4 Å². The number of halogens is 1. The van der Waals surface area contributed by atoms with Gasteiger partial charge in [-0.1, -0.05) is 0 Å². The van der Waals surface area contributed by atoms with Gasteiger partial charge >= 0.3 is 5.97 Å². The number of carbonyl (C=O) groups is 1. The summed E-state index contributed by atoms with van der Waals surface area (Å²) in [6.45, 7) is 0. The molecule has 2 rings (SSSR count). The Kier molecular flexibility index (Phi) is 2.19. The van der Waals surface area contributed by atoms with Gasteiger partial charge in [0.1, 0.15) is 5.69 Å². The van der Waals surface area contributed by atoms with Gasteiger partial charge in [-0.2, -0.15) is 0 Å². The number of nitrogen functional groups attached to an aromatic ring is 1. The molecule has 15 heavy (non-hydrogen) atoms. The SMILES string of the molecule is Cn1c(C(=O)O)cc2c(Br)c(N)ccc21. The van der Waals surface area contributed by atoms with Crippen LogP contribution in [-0.4, -0.2) is 15.6 Å². The van der Waals surface area contributed by atoms with Crippen LogP contribution in [0.3, 0.4) is 0 Å². The fourth-order valence-electron chi connectivity index (χ4n) is 1.60. The lowest BCUT2D eigenvalue weighted by atomic mass is 10.2. The van der Waals surface area contributed by atoms with E-state index in [0.717, 1.165) is 15.4 Å². The van der Waals surface area contributed by atoms with Crippen molar-refractivity contribution in [2.75, 3.05) is 5.73 Å². The van der Waals surface area contributed by atoms with E-state index in [4.69, 9.17) is 10.8 Å². The van der Waals surface area contributed by atoms with Gasteiger partial charge in [-0.25, -0.2) is 4.79 Å². The predicted molar refractivity (Wildman–Crippen MR) is 62.0 cm³/mol. The molecule has 1 aromatic carbocycles. The van der Waals surface area contributed by atoms with E-state index in [1.807, 2.05) is 6.07 Å². The van der Waals surface area contributed by atoms with Gasteiger partial charge in [-0.15, -0.1) is 0 Å². The summed E-state index contributed by atoms with van der Waals surface area (Å²) < 4.78 is 2.37. The van der Waals surface area contributed by atoms with Gasteiger partial charge in [-0.05, 0) is 34.1 Å². The predicted octanol–water partition coefficient (Wildman–Crippen LogP) is 2.22. The second-order valence-corrected chi connectivity index (χ2v) is 4.09. The molecule has 0 unspecified atom stereocenters. The monoisotopic (exact) mass is 268 g/mol. The zero-order valence-electron chi connectivity index (χ0n) is 7.99. The summed E-state index contributed by atoms with van der Waals surface area (Å²) in [6.07, 6.45) is 0. The summed E-state index contributed by atoms with van der Waals surface area (Å²) >= 11 is 3.35. The van der Waals surface area contributed by atoms with Crippen molar-refractivity contribution in [1.82, 2.24) is 4.57 Å². The first-order valence-corrected chi connectivity index (χ1v) is 5.08. The highest BCUT2D eigenvalue weighted by atomic mass is 79.9. The number of carboxylic acid groups (broad SMARTS) is 1. The number of nitrogens with zero attached hydrogens (tertiary/aromatic N) is 1. The number of hydrogen-bond donors (Lipinski definition) is 2. The molecule has 4 nitrogen and oxygen atoms in total. The van der Waals surface area contributed by atoms with Crippen molar-refractivity contribution in [2.45, 2.75) is 0 Å². The number of fused-ring (bicyclic) bond motifs is 1. The largest absolute Gasteiger partial charge is 0.477 e. The number of benzene rings is 1. The summed E-state index contributed by atoms with van der Waals surface area (Å²) in [5.41, 5.74) is 7.41. The summed E-state index contributed by atoms with van der Waals surface area (Å²) in [5.74, 6) is -0.945. The molecule has 0 spiro atoms. The molecular weight excluding hydrogens is 260 g/mol. The van der Waals surface area contributed by atoms with Crippen molar-refractivity contribution in [3.8, 4) is 0 Å². The number of aryl methyl sites for hydroxylation is 1. The summed E-state index contributed by atoms with van der Waals surface area (Å²) in [4.78, 5) is 10.9. The number of rotatable bonds is 1. The van der Waals surface area contributed by atoms with Gasteiger partial charge in [0.05, 0.1) is 0 Å². The normalized spacial score (nSPS) is 10.8. The lowest BCUT2D eigenvalue weighted by molar-refractivity contribution is 0.0687. The standard InChI is InChI=1S/C10H9BrN2O2/c1-13-7-3-2-6(12)9(11)5(7)4-8(13)10(14)15/h2-4H,12H2,1H3,(H,14,15). The molecule has 3 N–H and O–H groups in total. The molecule has 0 aliphatic rings. The zero-order valence-corrected chi connectivity index (χ0v) is 9.58.